The maximum atomic E-state index is 4.56. The van der Waals surface area contributed by atoms with Crippen LogP contribution in [0.15, 0.2) is 24.3 Å². The largest absolute Gasteiger partial charge is 0.361 e. The Morgan fingerprint density at radius 2 is 2.38 bits per heavy atom. The van der Waals surface area contributed by atoms with E-state index in [1.54, 1.807) is 11.3 Å². The number of aromatic nitrogens is 1. The standard InChI is InChI=1S/C12H15N3S/c1-2-4-11-10(3-1)15-12(16-11)14-8-9-5-6-13-7-9/h1-4,9,13H,5-8H2,(H,14,15)/t9-/m1/s1. The number of nitrogens with zero attached hydrogens (tertiary/aromatic N) is 1. The fourth-order valence-electron chi connectivity index (χ4n) is 2.07. The molecule has 2 N–H and O–H groups in total. The third-order valence-corrected chi connectivity index (χ3v) is 3.99. The summed E-state index contributed by atoms with van der Waals surface area (Å²) in [6, 6.07) is 8.28. The summed E-state index contributed by atoms with van der Waals surface area (Å²) in [4.78, 5) is 4.56. The first-order valence-corrected chi connectivity index (χ1v) is 6.53. The number of para-hydroxylation sites is 1. The highest BCUT2D eigenvalue weighted by molar-refractivity contribution is 7.22. The Balaban J connectivity index is 1.69. The molecular weight excluding hydrogens is 218 g/mol. The Morgan fingerprint density at radius 1 is 1.44 bits per heavy atom. The molecule has 0 amide bonds. The highest BCUT2D eigenvalue weighted by atomic mass is 32.1. The van der Waals surface area contributed by atoms with Crippen LogP contribution in [0.3, 0.4) is 0 Å². The van der Waals surface area contributed by atoms with E-state index in [9.17, 15) is 0 Å². The molecule has 0 aliphatic carbocycles. The molecule has 1 aliphatic rings. The molecular formula is C12H15N3S. The molecule has 84 valence electrons. The van der Waals surface area contributed by atoms with Crippen LogP contribution < -0.4 is 10.6 Å². The molecule has 2 heterocycles. The minimum absolute atomic E-state index is 0.756. The van der Waals surface area contributed by atoms with Gasteiger partial charge in [0.05, 0.1) is 10.2 Å². The summed E-state index contributed by atoms with van der Waals surface area (Å²) in [6.45, 7) is 3.33. The first-order chi connectivity index (χ1) is 7.92. The van der Waals surface area contributed by atoms with Crippen LogP contribution in [0.25, 0.3) is 10.2 Å². The maximum absolute atomic E-state index is 4.56. The molecule has 1 aromatic heterocycles. The highest BCUT2D eigenvalue weighted by Crippen LogP contribution is 2.25. The number of hydrogen-bond donors (Lipinski definition) is 2. The Bertz CT molecular complexity index is 441. The number of benzene rings is 1. The summed E-state index contributed by atoms with van der Waals surface area (Å²) in [5.41, 5.74) is 1.10. The molecule has 4 heteroatoms. The Morgan fingerprint density at radius 3 is 3.19 bits per heavy atom. The van der Waals surface area contributed by atoms with Crippen molar-refractivity contribution in [2.75, 3.05) is 25.0 Å². The van der Waals surface area contributed by atoms with Gasteiger partial charge in [-0.3, -0.25) is 0 Å². The van der Waals surface area contributed by atoms with Crippen LogP contribution in [-0.2, 0) is 0 Å². The first kappa shape index (κ1) is 10.1. The zero-order valence-electron chi connectivity index (χ0n) is 9.07. The van der Waals surface area contributed by atoms with Crippen LogP contribution in [0, 0.1) is 5.92 Å². The van der Waals surface area contributed by atoms with Crippen LogP contribution in [0.1, 0.15) is 6.42 Å². The monoisotopic (exact) mass is 233 g/mol. The van der Waals surface area contributed by atoms with Crippen LogP contribution >= 0.6 is 11.3 Å². The van der Waals surface area contributed by atoms with Gasteiger partial charge in [0.25, 0.3) is 0 Å². The zero-order chi connectivity index (χ0) is 10.8. The summed E-state index contributed by atoms with van der Waals surface area (Å²) >= 11 is 1.74. The van der Waals surface area contributed by atoms with Gasteiger partial charge in [0.2, 0.25) is 0 Å². The molecule has 1 aromatic carbocycles. The number of anilines is 1. The van der Waals surface area contributed by atoms with Crippen molar-refractivity contribution >= 4 is 26.7 Å². The fourth-order valence-corrected chi connectivity index (χ4v) is 2.94. The highest BCUT2D eigenvalue weighted by Gasteiger charge is 2.14. The summed E-state index contributed by atoms with van der Waals surface area (Å²) < 4.78 is 1.26. The van der Waals surface area contributed by atoms with Gasteiger partial charge in [0.15, 0.2) is 5.13 Å². The lowest BCUT2D eigenvalue weighted by Gasteiger charge is -2.07. The molecule has 2 aromatic rings. The molecule has 3 nitrogen and oxygen atoms in total. The number of nitrogens with one attached hydrogen (secondary N) is 2. The minimum Gasteiger partial charge on any atom is -0.361 e. The van der Waals surface area contributed by atoms with E-state index in [-0.39, 0.29) is 0 Å². The van der Waals surface area contributed by atoms with Crippen molar-refractivity contribution in [3.05, 3.63) is 24.3 Å². The van der Waals surface area contributed by atoms with E-state index in [1.807, 2.05) is 6.07 Å². The van der Waals surface area contributed by atoms with Gasteiger partial charge in [-0.25, -0.2) is 4.98 Å². The second-order valence-electron chi connectivity index (χ2n) is 4.23. The normalized spacial score (nSPS) is 20.4. The minimum atomic E-state index is 0.756. The molecule has 1 aliphatic heterocycles. The lowest BCUT2D eigenvalue weighted by molar-refractivity contribution is 0.615. The molecule has 16 heavy (non-hydrogen) atoms. The summed E-state index contributed by atoms with van der Waals surface area (Å²) in [7, 11) is 0. The topological polar surface area (TPSA) is 37.0 Å². The van der Waals surface area contributed by atoms with E-state index >= 15 is 0 Å². The molecule has 1 fully saturated rings. The number of rotatable bonds is 3. The number of thiazole rings is 1. The third kappa shape index (κ3) is 2.03. The predicted molar refractivity (Wildman–Crippen MR) is 69.1 cm³/mol. The Hall–Kier alpha value is -1.13. The van der Waals surface area contributed by atoms with E-state index in [4.69, 9.17) is 0 Å². The molecule has 0 saturated carbocycles. The second-order valence-corrected chi connectivity index (χ2v) is 5.26. The Labute approximate surface area is 98.9 Å². The molecule has 0 bridgehead atoms. The average Bonchev–Trinajstić information content (AvgIpc) is 2.95. The SMILES string of the molecule is c1ccc2sc(NC[C@@H]3CCNC3)nc2c1. The van der Waals surface area contributed by atoms with Crippen molar-refractivity contribution in [3.63, 3.8) is 0 Å². The summed E-state index contributed by atoms with van der Waals surface area (Å²) in [5.74, 6) is 0.756. The smallest absolute Gasteiger partial charge is 0.183 e. The van der Waals surface area contributed by atoms with Gasteiger partial charge >= 0.3 is 0 Å². The lowest BCUT2D eigenvalue weighted by Crippen LogP contribution is -2.16. The molecule has 0 unspecified atom stereocenters. The van der Waals surface area contributed by atoms with E-state index < -0.39 is 0 Å². The molecule has 1 saturated heterocycles. The van der Waals surface area contributed by atoms with E-state index in [0.717, 1.165) is 36.2 Å². The van der Waals surface area contributed by atoms with Crippen molar-refractivity contribution in [2.45, 2.75) is 6.42 Å². The van der Waals surface area contributed by atoms with Gasteiger partial charge in [-0.15, -0.1) is 0 Å². The van der Waals surface area contributed by atoms with Gasteiger partial charge in [0, 0.05) is 6.54 Å². The zero-order valence-corrected chi connectivity index (χ0v) is 9.89. The molecule has 3 rings (SSSR count). The van der Waals surface area contributed by atoms with Crippen LogP contribution in [0.5, 0.6) is 0 Å². The van der Waals surface area contributed by atoms with E-state index in [0.29, 0.717) is 0 Å². The van der Waals surface area contributed by atoms with Crippen LogP contribution in [0.4, 0.5) is 5.13 Å². The van der Waals surface area contributed by atoms with Crippen LogP contribution in [-0.4, -0.2) is 24.6 Å². The van der Waals surface area contributed by atoms with Gasteiger partial charge < -0.3 is 10.6 Å². The van der Waals surface area contributed by atoms with Crippen molar-refractivity contribution in [2.24, 2.45) is 5.92 Å². The van der Waals surface area contributed by atoms with E-state index in [2.05, 4.69) is 33.8 Å². The van der Waals surface area contributed by atoms with Gasteiger partial charge in [-0.1, -0.05) is 23.5 Å². The summed E-state index contributed by atoms with van der Waals surface area (Å²) in [5, 5.41) is 7.87. The first-order valence-electron chi connectivity index (χ1n) is 5.72. The van der Waals surface area contributed by atoms with Crippen molar-refractivity contribution < 1.29 is 0 Å². The van der Waals surface area contributed by atoms with Gasteiger partial charge in [0.1, 0.15) is 0 Å². The molecule has 0 spiro atoms. The van der Waals surface area contributed by atoms with E-state index in [1.165, 1.54) is 11.1 Å². The van der Waals surface area contributed by atoms with Gasteiger partial charge in [-0.05, 0) is 37.6 Å². The lowest BCUT2D eigenvalue weighted by atomic mass is 10.1. The summed E-state index contributed by atoms with van der Waals surface area (Å²) in [6.07, 6.45) is 1.28. The Kier molecular flexibility index (Phi) is 2.76. The van der Waals surface area contributed by atoms with Crippen molar-refractivity contribution in [1.29, 1.82) is 0 Å². The predicted octanol–water partition coefficient (Wildman–Crippen LogP) is 2.32. The second kappa shape index (κ2) is 4.39. The average molecular weight is 233 g/mol. The molecule has 1 atom stereocenters. The van der Waals surface area contributed by atoms with Gasteiger partial charge in [-0.2, -0.15) is 0 Å². The number of fused-ring (bicyclic) bond motifs is 1. The quantitative estimate of drug-likeness (QED) is 0.854. The fraction of sp³-hybridized carbons (Fsp3) is 0.417. The van der Waals surface area contributed by atoms with Crippen molar-refractivity contribution in [1.82, 2.24) is 10.3 Å². The maximum Gasteiger partial charge on any atom is 0.183 e. The third-order valence-electron chi connectivity index (χ3n) is 3.00. The van der Waals surface area contributed by atoms with Crippen molar-refractivity contribution in [3.8, 4) is 0 Å². The van der Waals surface area contributed by atoms with Crippen LogP contribution in [0.2, 0.25) is 0 Å². The number of hydrogen-bond acceptors (Lipinski definition) is 4. The molecule has 0 radical (unpaired) electrons.